The number of hydrogen-bond acceptors (Lipinski definition) is 7. The zero-order valence-corrected chi connectivity index (χ0v) is 14.3. The molecule has 0 spiro atoms. The molecule has 0 aliphatic carbocycles. The maximum atomic E-state index is 11.3. The van der Waals surface area contributed by atoms with Crippen molar-refractivity contribution in [3.8, 4) is 5.75 Å². The molecule has 0 bridgehead atoms. The van der Waals surface area contributed by atoms with Crippen molar-refractivity contribution >= 4 is 11.8 Å². The summed E-state index contributed by atoms with van der Waals surface area (Å²) >= 11 is 0. The molecule has 8 heteroatoms. The van der Waals surface area contributed by atoms with Crippen LogP contribution in [-0.4, -0.2) is 60.9 Å². The molecule has 1 unspecified atom stereocenters. The number of ether oxygens (including phenoxy) is 3. The molecule has 1 aromatic heterocycles. The van der Waals surface area contributed by atoms with E-state index >= 15 is 0 Å². The van der Waals surface area contributed by atoms with E-state index in [0.717, 1.165) is 0 Å². The van der Waals surface area contributed by atoms with Crippen LogP contribution in [0.25, 0.3) is 0 Å². The highest BCUT2D eigenvalue weighted by Crippen LogP contribution is 2.13. The number of esters is 1. The molecule has 0 fully saturated rings. The minimum atomic E-state index is -0.704. The van der Waals surface area contributed by atoms with Crippen LogP contribution < -0.4 is 10.1 Å². The number of benzene rings is 1. The molecular formula is C17H23N3O5. The molecule has 8 nitrogen and oxygen atoms in total. The van der Waals surface area contributed by atoms with Gasteiger partial charge in [0.05, 0.1) is 25.8 Å². The van der Waals surface area contributed by atoms with Gasteiger partial charge in [0.2, 0.25) is 0 Å². The normalized spacial score (nSPS) is 11.8. The number of aliphatic hydroxyl groups excluding tert-OH is 1. The van der Waals surface area contributed by atoms with E-state index in [4.69, 9.17) is 9.47 Å². The fourth-order valence-corrected chi connectivity index (χ4v) is 2.04. The third-order valence-electron chi connectivity index (χ3n) is 3.40. The second-order valence-corrected chi connectivity index (χ2v) is 5.32. The van der Waals surface area contributed by atoms with Gasteiger partial charge in [-0.3, -0.25) is 4.68 Å². The summed E-state index contributed by atoms with van der Waals surface area (Å²) in [4.78, 5) is 11.3. The number of nitrogens with one attached hydrogen (secondary N) is 1. The van der Waals surface area contributed by atoms with Gasteiger partial charge >= 0.3 is 5.97 Å². The quantitative estimate of drug-likeness (QED) is 0.622. The minimum absolute atomic E-state index is 0.120. The van der Waals surface area contributed by atoms with Crippen LogP contribution in [0.5, 0.6) is 5.75 Å². The first kappa shape index (κ1) is 18.8. The Morgan fingerprint density at radius 2 is 2.04 bits per heavy atom. The molecule has 25 heavy (non-hydrogen) atoms. The van der Waals surface area contributed by atoms with Crippen LogP contribution in [0.3, 0.4) is 0 Å². The lowest BCUT2D eigenvalue weighted by Gasteiger charge is -2.13. The first-order chi connectivity index (χ1) is 12.1. The van der Waals surface area contributed by atoms with Crippen molar-refractivity contribution in [3.05, 3.63) is 42.1 Å². The van der Waals surface area contributed by atoms with Crippen molar-refractivity contribution in [2.45, 2.75) is 12.6 Å². The van der Waals surface area contributed by atoms with E-state index in [-0.39, 0.29) is 6.61 Å². The van der Waals surface area contributed by atoms with Crippen molar-refractivity contribution < 1.29 is 24.1 Å². The molecule has 0 radical (unpaired) electrons. The summed E-state index contributed by atoms with van der Waals surface area (Å²) in [7, 11) is 2.97. The molecule has 2 aromatic rings. The van der Waals surface area contributed by atoms with Crippen molar-refractivity contribution in [2.75, 3.05) is 39.3 Å². The van der Waals surface area contributed by atoms with Crippen LogP contribution in [0, 0.1) is 0 Å². The van der Waals surface area contributed by atoms with Gasteiger partial charge < -0.3 is 24.6 Å². The van der Waals surface area contributed by atoms with Gasteiger partial charge in [0.25, 0.3) is 0 Å². The summed E-state index contributed by atoms with van der Waals surface area (Å²) in [6.07, 6.45) is 1.14. The third kappa shape index (κ3) is 6.09. The van der Waals surface area contributed by atoms with Gasteiger partial charge in [-0.1, -0.05) is 0 Å². The second kappa shape index (κ2) is 9.65. The molecule has 2 rings (SSSR count). The van der Waals surface area contributed by atoms with Gasteiger partial charge in [0, 0.05) is 25.9 Å². The third-order valence-corrected chi connectivity index (χ3v) is 3.40. The largest absolute Gasteiger partial charge is 0.491 e. The fourth-order valence-electron chi connectivity index (χ4n) is 2.04. The molecule has 1 heterocycles. The Labute approximate surface area is 146 Å². The zero-order valence-electron chi connectivity index (χ0n) is 14.3. The summed E-state index contributed by atoms with van der Waals surface area (Å²) < 4.78 is 16.9. The van der Waals surface area contributed by atoms with Crippen LogP contribution in [0.15, 0.2) is 36.5 Å². The standard InChI is InChI=1S/C17H23N3O5/c1-23-10-9-20-8-7-16(19-20)18-11-14(21)12-25-15-5-3-13(4-6-15)17(22)24-2/h3-8,14,21H,9-12H2,1-2H3,(H,18,19). The molecule has 0 aliphatic rings. The Balaban J connectivity index is 1.72. The minimum Gasteiger partial charge on any atom is -0.491 e. The molecule has 0 aliphatic heterocycles. The van der Waals surface area contributed by atoms with Gasteiger partial charge in [-0.2, -0.15) is 5.10 Å². The van der Waals surface area contributed by atoms with Gasteiger partial charge in [-0.25, -0.2) is 4.79 Å². The summed E-state index contributed by atoms with van der Waals surface area (Å²) in [5.74, 6) is 0.842. The maximum Gasteiger partial charge on any atom is 0.337 e. The lowest BCUT2D eigenvalue weighted by molar-refractivity contribution is 0.0600. The van der Waals surface area contributed by atoms with E-state index in [2.05, 4.69) is 15.2 Å². The second-order valence-electron chi connectivity index (χ2n) is 5.32. The molecule has 2 N–H and O–H groups in total. The molecule has 1 aromatic carbocycles. The first-order valence-corrected chi connectivity index (χ1v) is 7.88. The highest BCUT2D eigenvalue weighted by Gasteiger charge is 2.08. The number of hydrogen-bond donors (Lipinski definition) is 2. The van der Waals surface area contributed by atoms with Crippen molar-refractivity contribution in [3.63, 3.8) is 0 Å². The summed E-state index contributed by atoms with van der Waals surface area (Å²) in [6, 6.07) is 8.36. The number of aromatic nitrogens is 2. The van der Waals surface area contributed by atoms with Crippen LogP contribution in [0.1, 0.15) is 10.4 Å². The Bertz CT molecular complexity index is 657. The highest BCUT2D eigenvalue weighted by molar-refractivity contribution is 5.89. The Kier molecular flexibility index (Phi) is 7.24. The predicted octanol–water partition coefficient (Wildman–Crippen LogP) is 1.17. The Hall–Kier alpha value is -2.58. The van der Waals surface area contributed by atoms with Gasteiger partial charge in [-0.05, 0) is 24.3 Å². The summed E-state index contributed by atoms with van der Waals surface area (Å²) in [6.45, 7) is 1.69. The number of methoxy groups -OCH3 is 2. The molecular weight excluding hydrogens is 326 g/mol. The topological polar surface area (TPSA) is 94.8 Å². The Morgan fingerprint density at radius 1 is 1.28 bits per heavy atom. The van der Waals surface area contributed by atoms with E-state index in [1.165, 1.54) is 7.11 Å². The van der Waals surface area contributed by atoms with Gasteiger partial charge in [0.15, 0.2) is 0 Å². The SMILES string of the molecule is COCCn1ccc(NCC(O)COc2ccc(C(=O)OC)cc2)n1. The number of aliphatic hydroxyl groups is 1. The number of carbonyl (C=O) groups excluding carboxylic acids is 1. The van der Waals surface area contributed by atoms with Crippen molar-refractivity contribution in [1.82, 2.24) is 9.78 Å². The van der Waals surface area contributed by atoms with Crippen LogP contribution in [0.2, 0.25) is 0 Å². The summed E-state index contributed by atoms with van der Waals surface area (Å²) in [5, 5.41) is 17.3. The monoisotopic (exact) mass is 349 g/mol. The summed E-state index contributed by atoms with van der Waals surface area (Å²) in [5.41, 5.74) is 0.445. The number of rotatable bonds is 10. The Morgan fingerprint density at radius 3 is 2.72 bits per heavy atom. The van der Waals surface area contributed by atoms with Crippen LogP contribution in [0.4, 0.5) is 5.82 Å². The lowest BCUT2D eigenvalue weighted by atomic mass is 10.2. The average molecular weight is 349 g/mol. The highest BCUT2D eigenvalue weighted by atomic mass is 16.5. The fraction of sp³-hybridized carbons (Fsp3) is 0.412. The molecule has 1 atom stereocenters. The maximum absolute atomic E-state index is 11.3. The average Bonchev–Trinajstić information content (AvgIpc) is 3.10. The van der Waals surface area contributed by atoms with E-state index < -0.39 is 12.1 Å². The lowest BCUT2D eigenvalue weighted by Crippen LogP contribution is -2.26. The molecule has 0 amide bonds. The van der Waals surface area contributed by atoms with Crippen LogP contribution >= 0.6 is 0 Å². The van der Waals surface area contributed by atoms with E-state index in [9.17, 15) is 9.90 Å². The van der Waals surface area contributed by atoms with Crippen molar-refractivity contribution in [1.29, 1.82) is 0 Å². The smallest absolute Gasteiger partial charge is 0.337 e. The number of carbonyl (C=O) groups is 1. The van der Waals surface area contributed by atoms with Crippen LogP contribution in [-0.2, 0) is 16.0 Å². The van der Waals surface area contributed by atoms with E-state index in [1.807, 2.05) is 12.3 Å². The van der Waals surface area contributed by atoms with E-state index in [0.29, 0.717) is 36.8 Å². The van der Waals surface area contributed by atoms with Gasteiger partial charge in [0.1, 0.15) is 24.3 Å². The predicted molar refractivity (Wildman–Crippen MR) is 91.9 cm³/mol. The van der Waals surface area contributed by atoms with Crippen molar-refractivity contribution in [2.24, 2.45) is 0 Å². The van der Waals surface area contributed by atoms with E-state index in [1.54, 1.807) is 36.1 Å². The number of nitrogens with zero attached hydrogens (tertiary/aromatic N) is 2. The molecule has 136 valence electrons. The van der Waals surface area contributed by atoms with Gasteiger partial charge in [-0.15, -0.1) is 0 Å². The first-order valence-electron chi connectivity index (χ1n) is 7.88. The number of anilines is 1. The zero-order chi connectivity index (χ0) is 18.1. The molecule has 0 saturated carbocycles. The molecule has 0 saturated heterocycles.